The molecular weight excluding hydrogens is 342 g/mol. The first-order valence-electron chi connectivity index (χ1n) is 7.52. The fourth-order valence-corrected chi connectivity index (χ4v) is 2.86. The molecule has 0 aliphatic carbocycles. The van der Waals surface area contributed by atoms with Gasteiger partial charge in [0, 0.05) is 33.8 Å². The number of benzene rings is 1. The van der Waals surface area contributed by atoms with Crippen molar-refractivity contribution in [1.82, 2.24) is 9.97 Å². The van der Waals surface area contributed by atoms with Gasteiger partial charge in [-0.25, -0.2) is 9.97 Å². The summed E-state index contributed by atoms with van der Waals surface area (Å²) < 4.78 is 5.76. The predicted molar refractivity (Wildman–Crippen MR) is 101 cm³/mol. The molecule has 0 saturated heterocycles. The lowest BCUT2D eigenvalue weighted by Gasteiger charge is -2.12. The Morgan fingerprint density at radius 2 is 2.00 bits per heavy atom. The second kappa shape index (κ2) is 6.79. The molecule has 124 valence electrons. The van der Waals surface area contributed by atoms with Gasteiger partial charge < -0.3 is 9.73 Å². The molecule has 0 radical (unpaired) electrons. The van der Waals surface area contributed by atoms with Gasteiger partial charge in [-0.05, 0) is 29.8 Å². The van der Waals surface area contributed by atoms with E-state index in [1.807, 2.05) is 35.7 Å². The second-order valence-electron chi connectivity index (χ2n) is 6.38. The zero-order chi connectivity index (χ0) is 17.2. The first-order chi connectivity index (χ1) is 11.4. The fourth-order valence-electron chi connectivity index (χ4n) is 2.07. The SMILES string of the molecule is CC(C)(C)c1cnc(C=Cc2cc(Cl)cc(Nc3nccs3)c2)o1. The van der Waals surface area contributed by atoms with Crippen LogP contribution in [0.15, 0.2) is 40.4 Å². The van der Waals surface area contributed by atoms with E-state index in [-0.39, 0.29) is 5.41 Å². The molecule has 0 bridgehead atoms. The first kappa shape index (κ1) is 16.7. The number of hydrogen-bond donors (Lipinski definition) is 1. The van der Waals surface area contributed by atoms with Gasteiger partial charge in [-0.2, -0.15) is 0 Å². The molecule has 0 atom stereocenters. The van der Waals surface area contributed by atoms with Gasteiger partial charge in [-0.15, -0.1) is 11.3 Å². The lowest BCUT2D eigenvalue weighted by molar-refractivity contribution is 0.403. The maximum atomic E-state index is 6.21. The van der Waals surface area contributed by atoms with Gasteiger partial charge in [-0.3, -0.25) is 0 Å². The fraction of sp³-hybridized carbons (Fsp3) is 0.222. The maximum absolute atomic E-state index is 6.21. The molecule has 0 aliphatic heterocycles. The van der Waals surface area contributed by atoms with E-state index in [1.165, 1.54) is 11.3 Å². The van der Waals surface area contributed by atoms with E-state index in [9.17, 15) is 0 Å². The van der Waals surface area contributed by atoms with Crippen molar-refractivity contribution >= 4 is 45.9 Å². The Bertz CT molecular complexity index is 848. The summed E-state index contributed by atoms with van der Waals surface area (Å²) in [6.07, 6.45) is 7.30. The molecule has 0 aliphatic rings. The van der Waals surface area contributed by atoms with E-state index in [0.717, 1.165) is 22.1 Å². The number of thiazole rings is 1. The Hall–Kier alpha value is -2.11. The summed E-state index contributed by atoms with van der Waals surface area (Å²) in [6, 6.07) is 5.75. The monoisotopic (exact) mass is 359 g/mol. The van der Waals surface area contributed by atoms with Crippen LogP contribution in [0.5, 0.6) is 0 Å². The third kappa shape index (κ3) is 4.24. The van der Waals surface area contributed by atoms with Crippen molar-refractivity contribution in [3.63, 3.8) is 0 Å². The van der Waals surface area contributed by atoms with Crippen molar-refractivity contribution in [2.24, 2.45) is 0 Å². The van der Waals surface area contributed by atoms with E-state index in [1.54, 1.807) is 12.4 Å². The molecule has 3 aromatic rings. The number of halogens is 1. The summed E-state index contributed by atoms with van der Waals surface area (Å²) in [5.74, 6) is 1.44. The van der Waals surface area contributed by atoms with Gasteiger partial charge in [0.2, 0.25) is 5.89 Å². The van der Waals surface area contributed by atoms with E-state index in [4.69, 9.17) is 16.0 Å². The van der Waals surface area contributed by atoms with Gasteiger partial charge in [0.1, 0.15) is 5.76 Å². The number of oxazole rings is 1. The molecule has 0 spiro atoms. The normalized spacial score (nSPS) is 12.0. The summed E-state index contributed by atoms with van der Waals surface area (Å²) in [7, 11) is 0. The summed E-state index contributed by atoms with van der Waals surface area (Å²) in [5, 5.41) is 6.64. The third-order valence-electron chi connectivity index (χ3n) is 3.28. The van der Waals surface area contributed by atoms with Crippen molar-refractivity contribution in [3.8, 4) is 0 Å². The molecule has 1 N–H and O–H groups in total. The Morgan fingerprint density at radius 3 is 2.67 bits per heavy atom. The molecule has 2 aromatic heterocycles. The molecule has 3 rings (SSSR count). The average molecular weight is 360 g/mol. The van der Waals surface area contributed by atoms with Crippen molar-refractivity contribution in [3.05, 3.63) is 58.2 Å². The second-order valence-corrected chi connectivity index (χ2v) is 7.71. The third-order valence-corrected chi connectivity index (χ3v) is 4.19. The summed E-state index contributed by atoms with van der Waals surface area (Å²) in [4.78, 5) is 8.50. The van der Waals surface area contributed by atoms with Crippen molar-refractivity contribution < 1.29 is 4.42 Å². The van der Waals surface area contributed by atoms with E-state index in [2.05, 4.69) is 36.1 Å². The number of hydrogen-bond acceptors (Lipinski definition) is 5. The number of aromatic nitrogens is 2. The highest BCUT2D eigenvalue weighted by Crippen LogP contribution is 2.26. The number of nitrogens with one attached hydrogen (secondary N) is 1. The highest BCUT2D eigenvalue weighted by Gasteiger charge is 2.18. The quantitative estimate of drug-likeness (QED) is 0.621. The molecule has 1 aromatic carbocycles. The standard InChI is InChI=1S/C18H18ClN3OS/c1-18(2,3)15-11-21-16(23-15)5-4-12-8-13(19)10-14(9-12)22-17-20-6-7-24-17/h4-11H,1-3H3,(H,20,22). The van der Waals surface area contributed by atoms with Crippen LogP contribution in [0.1, 0.15) is 38.0 Å². The van der Waals surface area contributed by atoms with E-state index in [0.29, 0.717) is 10.9 Å². The molecular formula is C18H18ClN3OS. The summed E-state index contributed by atoms with van der Waals surface area (Å²) in [5.41, 5.74) is 1.79. The van der Waals surface area contributed by atoms with Crippen LogP contribution in [0, 0.1) is 0 Å². The maximum Gasteiger partial charge on any atom is 0.218 e. The molecule has 24 heavy (non-hydrogen) atoms. The Balaban J connectivity index is 1.79. The highest BCUT2D eigenvalue weighted by atomic mass is 35.5. The minimum atomic E-state index is -0.0556. The predicted octanol–water partition coefficient (Wildman–Crippen LogP) is 6.00. The van der Waals surface area contributed by atoms with Crippen LogP contribution in [-0.2, 0) is 5.41 Å². The molecule has 0 fully saturated rings. The minimum Gasteiger partial charge on any atom is -0.441 e. The Kier molecular flexibility index (Phi) is 4.73. The van der Waals surface area contributed by atoms with Gasteiger partial charge in [0.25, 0.3) is 0 Å². The highest BCUT2D eigenvalue weighted by molar-refractivity contribution is 7.13. The van der Waals surface area contributed by atoms with Crippen LogP contribution >= 0.6 is 22.9 Å². The number of nitrogens with zero attached hydrogens (tertiary/aromatic N) is 2. The largest absolute Gasteiger partial charge is 0.441 e. The van der Waals surface area contributed by atoms with Gasteiger partial charge >= 0.3 is 0 Å². The molecule has 6 heteroatoms. The number of rotatable bonds is 4. The number of anilines is 2. The molecule has 0 amide bonds. The lowest BCUT2D eigenvalue weighted by Crippen LogP contribution is -2.09. The van der Waals surface area contributed by atoms with Crippen LogP contribution in [0.2, 0.25) is 5.02 Å². The van der Waals surface area contributed by atoms with E-state index >= 15 is 0 Å². The Morgan fingerprint density at radius 1 is 1.17 bits per heavy atom. The van der Waals surface area contributed by atoms with E-state index < -0.39 is 0 Å². The minimum absolute atomic E-state index is 0.0556. The van der Waals surface area contributed by atoms with Crippen LogP contribution in [0.4, 0.5) is 10.8 Å². The van der Waals surface area contributed by atoms with Crippen LogP contribution in [-0.4, -0.2) is 9.97 Å². The van der Waals surface area contributed by atoms with Gasteiger partial charge in [0.05, 0.1) is 6.20 Å². The molecule has 2 heterocycles. The topological polar surface area (TPSA) is 51.0 Å². The van der Waals surface area contributed by atoms with Crippen LogP contribution in [0.3, 0.4) is 0 Å². The van der Waals surface area contributed by atoms with Crippen LogP contribution < -0.4 is 5.32 Å². The smallest absolute Gasteiger partial charge is 0.218 e. The first-order valence-corrected chi connectivity index (χ1v) is 8.77. The van der Waals surface area contributed by atoms with Crippen molar-refractivity contribution in [2.45, 2.75) is 26.2 Å². The molecule has 4 nitrogen and oxygen atoms in total. The Labute approximate surface area is 150 Å². The van der Waals surface area contributed by atoms with Gasteiger partial charge in [-0.1, -0.05) is 32.4 Å². The molecule has 0 unspecified atom stereocenters. The average Bonchev–Trinajstić information content (AvgIpc) is 3.15. The van der Waals surface area contributed by atoms with Crippen molar-refractivity contribution in [2.75, 3.05) is 5.32 Å². The zero-order valence-electron chi connectivity index (χ0n) is 13.7. The molecule has 0 saturated carbocycles. The summed E-state index contributed by atoms with van der Waals surface area (Å²) in [6.45, 7) is 6.28. The zero-order valence-corrected chi connectivity index (χ0v) is 15.3. The lowest BCUT2D eigenvalue weighted by atomic mass is 9.94. The summed E-state index contributed by atoms with van der Waals surface area (Å²) >= 11 is 7.74. The van der Waals surface area contributed by atoms with Gasteiger partial charge in [0.15, 0.2) is 5.13 Å². The van der Waals surface area contributed by atoms with Crippen LogP contribution in [0.25, 0.3) is 12.2 Å². The van der Waals surface area contributed by atoms with Crippen molar-refractivity contribution in [1.29, 1.82) is 0 Å².